The third-order valence-electron chi connectivity index (χ3n) is 3.80. The number of aromatic nitrogens is 1. The molecule has 0 atom stereocenters. The van der Waals surface area contributed by atoms with Crippen LogP contribution in [0.5, 0.6) is 0 Å². The molecule has 0 aliphatic heterocycles. The molecule has 0 saturated heterocycles. The van der Waals surface area contributed by atoms with Crippen molar-refractivity contribution in [1.29, 1.82) is 0 Å². The summed E-state index contributed by atoms with van der Waals surface area (Å²) in [4.78, 5) is 4.13. The summed E-state index contributed by atoms with van der Waals surface area (Å²) >= 11 is 0. The van der Waals surface area contributed by atoms with E-state index in [1.807, 2.05) is 32.2 Å². The minimum absolute atomic E-state index is 0.334. The summed E-state index contributed by atoms with van der Waals surface area (Å²) in [6.07, 6.45) is 3.60. The lowest BCUT2D eigenvalue weighted by Gasteiger charge is -2.19. The highest BCUT2D eigenvalue weighted by Gasteiger charge is 2.14. The Morgan fingerprint density at radius 1 is 0.952 bits per heavy atom. The molecule has 3 rings (SSSR count). The first-order chi connectivity index (χ1) is 9.97. The summed E-state index contributed by atoms with van der Waals surface area (Å²) in [5, 5.41) is 2.09. The van der Waals surface area contributed by atoms with Gasteiger partial charge in [-0.1, -0.05) is 36.4 Å². The lowest BCUT2D eigenvalue weighted by atomic mass is 9.92. The van der Waals surface area contributed by atoms with Crippen LogP contribution in [0.25, 0.3) is 21.9 Å². The number of nitrogens with zero attached hydrogens (tertiary/aromatic N) is 1. The monoisotopic (exact) mass is 277 g/mol. The van der Waals surface area contributed by atoms with Crippen LogP contribution in [0.2, 0.25) is 0 Å². The quantitative estimate of drug-likeness (QED) is 0.702. The Labute approximate surface area is 124 Å². The molecule has 3 nitrogen and oxygen atoms in total. The summed E-state index contributed by atoms with van der Waals surface area (Å²) < 4.78 is 0. The molecule has 0 spiro atoms. The minimum atomic E-state index is -0.334. The SMILES string of the molecule is CC(C)(N)c1ccc(-c2ccc3cnccc3c2N)cc1. The first kappa shape index (κ1) is 13.6. The Balaban J connectivity index is 2.10. The van der Waals surface area contributed by atoms with E-state index in [2.05, 4.69) is 35.3 Å². The van der Waals surface area contributed by atoms with Gasteiger partial charge in [-0.05, 0) is 31.0 Å². The number of fused-ring (bicyclic) bond motifs is 1. The van der Waals surface area contributed by atoms with Gasteiger partial charge in [-0.2, -0.15) is 0 Å². The Bertz CT molecular complexity index is 784. The van der Waals surface area contributed by atoms with Gasteiger partial charge in [-0.15, -0.1) is 0 Å². The maximum atomic E-state index is 6.32. The molecule has 0 bridgehead atoms. The van der Waals surface area contributed by atoms with E-state index < -0.39 is 0 Å². The van der Waals surface area contributed by atoms with Gasteiger partial charge in [0.15, 0.2) is 0 Å². The third kappa shape index (κ3) is 2.48. The molecule has 0 aliphatic carbocycles. The molecule has 0 unspecified atom stereocenters. The molecule has 2 aromatic carbocycles. The number of benzene rings is 2. The van der Waals surface area contributed by atoms with Crippen molar-refractivity contribution in [2.75, 3.05) is 5.73 Å². The number of hydrogen-bond donors (Lipinski definition) is 2. The maximum Gasteiger partial charge on any atom is 0.0474 e. The fourth-order valence-corrected chi connectivity index (χ4v) is 2.52. The fourth-order valence-electron chi connectivity index (χ4n) is 2.52. The van der Waals surface area contributed by atoms with E-state index in [1.54, 1.807) is 6.20 Å². The zero-order chi connectivity index (χ0) is 15.0. The van der Waals surface area contributed by atoms with Crippen LogP contribution in [-0.4, -0.2) is 4.98 Å². The van der Waals surface area contributed by atoms with Crippen LogP contribution in [-0.2, 0) is 5.54 Å². The van der Waals surface area contributed by atoms with E-state index in [0.29, 0.717) is 0 Å². The Hall–Kier alpha value is -2.39. The number of anilines is 1. The minimum Gasteiger partial charge on any atom is -0.398 e. The van der Waals surface area contributed by atoms with Gasteiger partial charge in [0.2, 0.25) is 0 Å². The van der Waals surface area contributed by atoms with Crippen LogP contribution in [0.15, 0.2) is 54.9 Å². The average Bonchev–Trinajstić information content (AvgIpc) is 2.47. The maximum absolute atomic E-state index is 6.32. The Kier molecular flexibility index (Phi) is 3.15. The van der Waals surface area contributed by atoms with Crippen molar-refractivity contribution >= 4 is 16.5 Å². The molecule has 0 fully saturated rings. The van der Waals surface area contributed by atoms with Gasteiger partial charge in [0.1, 0.15) is 0 Å². The first-order valence-electron chi connectivity index (χ1n) is 6.99. The van der Waals surface area contributed by atoms with Gasteiger partial charge in [0.05, 0.1) is 0 Å². The van der Waals surface area contributed by atoms with Gasteiger partial charge in [-0.3, -0.25) is 4.98 Å². The predicted octanol–water partition coefficient (Wildman–Crippen LogP) is 3.68. The highest BCUT2D eigenvalue weighted by atomic mass is 14.7. The molecular formula is C18H19N3. The lowest BCUT2D eigenvalue weighted by Crippen LogP contribution is -2.28. The highest BCUT2D eigenvalue weighted by molar-refractivity contribution is 5.99. The molecule has 0 saturated carbocycles. The Morgan fingerprint density at radius 2 is 1.67 bits per heavy atom. The van der Waals surface area contributed by atoms with Crippen molar-refractivity contribution in [2.24, 2.45) is 5.73 Å². The van der Waals surface area contributed by atoms with E-state index >= 15 is 0 Å². The van der Waals surface area contributed by atoms with E-state index in [1.165, 1.54) is 0 Å². The van der Waals surface area contributed by atoms with Gasteiger partial charge >= 0.3 is 0 Å². The van der Waals surface area contributed by atoms with Gasteiger partial charge in [-0.25, -0.2) is 0 Å². The molecule has 1 aromatic heterocycles. The lowest BCUT2D eigenvalue weighted by molar-refractivity contribution is 0.554. The average molecular weight is 277 g/mol. The highest BCUT2D eigenvalue weighted by Crippen LogP contribution is 2.32. The number of pyridine rings is 1. The topological polar surface area (TPSA) is 64.9 Å². The van der Waals surface area contributed by atoms with E-state index in [4.69, 9.17) is 11.5 Å². The molecule has 3 heteroatoms. The summed E-state index contributed by atoms with van der Waals surface area (Å²) in [6.45, 7) is 4.00. The van der Waals surface area contributed by atoms with E-state index in [0.717, 1.165) is 33.2 Å². The molecule has 0 aliphatic rings. The van der Waals surface area contributed by atoms with Gasteiger partial charge < -0.3 is 11.5 Å². The molecule has 21 heavy (non-hydrogen) atoms. The van der Waals surface area contributed by atoms with Crippen molar-refractivity contribution in [1.82, 2.24) is 4.98 Å². The summed E-state index contributed by atoms with van der Waals surface area (Å²) in [5.41, 5.74) is 16.1. The second kappa shape index (κ2) is 4.86. The van der Waals surface area contributed by atoms with Crippen LogP contribution < -0.4 is 11.5 Å². The van der Waals surface area contributed by atoms with E-state index in [9.17, 15) is 0 Å². The van der Waals surface area contributed by atoms with Crippen molar-refractivity contribution in [3.8, 4) is 11.1 Å². The van der Waals surface area contributed by atoms with Crippen LogP contribution in [0, 0.1) is 0 Å². The third-order valence-corrected chi connectivity index (χ3v) is 3.80. The normalized spacial score (nSPS) is 11.8. The van der Waals surface area contributed by atoms with Crippen molar-refractivity contribution in [3.63, 3.8) is 0 Å². The zero-order valence-electron chi connectivity index (χ0n) is 12.3. The summed E-state index contributed by atoms with van der Waals surface area (Å²) in [7, 11) is 0. The second-order valence-electron chi connectivity index (χ2n) is 5.92. The van der Waals surface area contributed by atoms with E-state index in [-0.39, 0.29) is 5.54 Å². The number of hydrogen-bond acceptors (Lipinski definition) is 3. The molecule has 0 radical (unpaired) electrons. The van der Waals surface area contributed by atoms with Crippen LogP contribution in [0.1, 0.15) is 19.4 Å². The molecule has 3 aromatic rings. The zero-order valence-corrected chi connectivity index (χ0v) is 12.3. The standard InChI is InChI=1S/C18H19N3/c1-18(2,20)14-6-3-12(4-7-14)15-8-5-13-11-21-10-9-16(13)17(15)19/h3-11H,19-20H2,1-2H3. The first-order valence-corrected chi connectivity index (χ1v) is 6.99. The number of rotatable bonds is 2. The van der Waals surface area contributed by atoms with Crippen LogP contribution in [0.3, 0.4) is 0 Å². The smallest absolute Gasteiger partial charge is 0.0474 e. The summed E-state index contributed by atoms with van der Waals surface area (Å²) in [6, 6.07) is 14.3. The second-order valence-corrected chi connectivity index (χ2v) is 5.92. The number of nitrogens with two attached hydrogens (primary N) is 2. The van der Waals surface area contributed by atoms with Crippen molar-refractivity contribution < 1.29 is 0 Å². The van der Waals surface area contributed by atoms with Gasteiger partial charge in [0, 0.05) is 40.0 Å². The van der Waals surface area contributed by atoms with Gasteiger partial charge in [0.25, 0.3) is 0 Å². The molecule has 106 valence electrons. The fraction of sp³-hybridized carbons (Fsp3) is 0.167. The molecular weight excluding hydrogens is 258 g/mol. The largest absolute Gasteiger partial charge is 0.398 e. The van der Waals surface area contributed by atoms with Crippen LogP contribution in [0.4, 0.5) is 5.69 Å². The Morgan fingerprint density at radius 3 is 2.33 bits per heavy atom. The summed E-state index contributed by atoms with van der Waals surface area (Å²) in [5.74, 6) is 0. The number of nitrogen functional groups attached to an aromatic ring is 1. The van der Waals surface area contributed by atoms with Crippen molar-refractivity contribution in [3.05, 3.63) is 60.4 Å². The molecule has 1 heterocycles. The van der Waals surface area contributed by atoms with Crippen LogP contribution >= 0.6 is 0 Å². The van der Waals surface area contributed by atoms with Crippen molar-refractivity contribution in [2.45, 2.75) is 19.4 Å². The molecule has 4 N–H and O–H groups in total. The predicted molar refractivity (Wildman–Crippen MR) is 88.8 cm³/mol. The molecule has 0 amide bonds.